The standard InChI is InChI=1S/C11H12N2O2S2/c1-2-9(14)7-16-6-8-5-10(15)13-3-4-17-11(13)12-8/h3-5H,2,6-7H2,1H3. The van der Waals surface area contributed by atoms with E-state index >= 15 is 0 Å². The van der Waals surface area contributed by atoms with Gasteiger partial charge in [-0.15, -0.1) is 23.1 Å². The van der Waals surface area contributed by atoms with Crippen LogP contribution in [0.2, 0.25) is 0 Å². The molecule has 6 heteroatoms. The first-order valence-corrected chi connectivity index (χ1v) is 7.29. The Kier molecular flexibility index (Phi) is 3.96. The van der Waals surface area contributed by atoms with E-state index in [1.807, 2.05) is 12.3 Å². The van der Waals surface area contributed by atoms with Crippen LogP contribution in [0.5, 0.6) is 0 Å². The van der Waals surface area contributed by atoms with Gasteiger partial charge in [0, 0.05) is 29.8 Å². The number of Topliss-reactive ketones (excluding diaryl/α,β-unsaturated/α-hetero) is 1. The van der Waals surface area contributed by atoms with Gasteiger partial charge in [-0.3, -0.25) is 14.0 Å². The monoisotopic (exact) mass is 268 g/mol. The number of ketones is 1. The fourth-order valence-corrected chi connectivity index (χ4v) is 2.96. The van der Waals surface area contributed by atoms with Crippen molar-refractivity contribution in [1.82, 2.24) is 9.38 Å². The number of thiazole rings is 1. The molecular weight excluding hydrogens is 256 g/mol. The lowest BCUT2D eigenvalue weighted by molar-refractivity contribution is -0.116. The molecule has 0 saturated carbocycles. The number of nitrogens with zero attached hydrogens (tertiary/aromatic N) is 2. The van der Waals surface area contributed by atoms with Crippen LogP contribution in [0.4, 0.5) is 0 Å². The maximum Gasteiger partial charge on any atom is 0.258 e. The summed E-state index contributed by atoms with van der Waals surface area (Å²) in [6, 6.07) is 1.53. The smallest absolute Gasteiger partial charge is 0.258 e. The minimum atomic E-state index is -0.0614. The van der Waals surface area contributed by atoms with Gasteiger partial charge < -0.3 is 0 Å². The molecule has 0 unspecified atom stereocenters. The zero-order valence-electron chi connectivity index (χ0n) is 9.38. The average Bonchev–Trinajstić information content (AvgIpc) is 2.77. The van der Waals surface area contributed by atoms with Crippen molar-refractivity contribution in [2.45, 2.75) is 19.1 Å². The Bertz CT molecular complexity index is 588. The predicted octanol–water partition coefficient (Wildman–Crippen LogP) is 1.97. The number of hydrogen-bond acceptors (Lipinski definition) is 5. The molecule has 4 nitrogen and oxygen atoms in total. The minimum absolute atomic E-state index is 0.0614. The third kappa shape index (κ3) is 2.95. The summed E-state index contributed by atoms with van der Waals surface area (Å²) >= 11 is 2.94. The van der Waals surface area contributed by atoms with Crippen LogP contribution in [0.25, 0.3) is 4.96 Å². The van der Waals surface area contributed by atoms with Crippen LogP contribution < -0.4 is 5.56 Å². The largest absolute Gasteiger partial charge is 0.299 e. The normalized spacial score (nSPS) is 10.9. The molecule has 0 saturated heterocycles. The van der Waals surface area contributed by atoms with Gasteiger partial charge in [0.15, 0.2) is 4.96 Å². The van der Waals surface area contributed by atoms with E-state index in [0.29, 0.717) is 22.9 Å². The SMILES string of the molecule is CCC(=O)CSCc1cc(=O)n2ccsc2n1. The Hall–Kier alpha value is -1.14. The van der Waals surface area contributed by atoms with Crippen LogP contribution >= 0.6 is 23.1 Å². The Morgan fingerprint density at radius 1 is 1.59 bits per heavy atom. The molecule has 0 bridgehead atoms. The lowest BCUT2D eigenvalue weighted by atomic mass is 10.4. The van der Waals surface area contributed by atoms with Gasteiger partial charge >= 0.3 is 0 Å². The number of fused-ring (bicyclic) bond motifs is 1. The predicted molar refractivity (Wildman–Crippen MR) is 70.8 cm³/mol. The Balaban J connectivity index is 2.09. The van der Waals surface area contributed by atoms with Crippen molar-refractivity contribution < 1.29 is 4.79 Å². The van der Waals surface area contributed by atoms with Crippen molar-refractivity contribution in [3.63, 3.8) is 0 Å². The molecule has 0 amide bonds. The van der Waals surface area contributed by atoms with E-state index in [-0.39, 0.29) is 11.3 Å². The lowest BCUT2D eigenvalue weighted by Crippen LogP contribution is -2.12. The molecular formula is C11H12N2O2S2. The van der Waals surface area contributed by atoms with Crippen LogP contribution in [0.15, 0.2) is 22.4 Å². The van der Waals surface area contributed by atoms with Crippen LogP contribution in [-0.2, 0) is 10.5 Å². The Morgan fingerprint density at radius 2 is 2.41 bits per heavy atom. The molecule has 0 N–H and O–H groups in total. The summed E-state index contributed by atoms with van der Waals surface area (Å²) in [4.78, 5) is 27.9. The van der Waals surface area contributed by atoms with E-state index in [4.69, 9.17) is 0 Å². The maximum absolute atomic E-state index is 11.7. The molecule has 2 aromatic heterocycles. The summed E-state index contributed by atoms with van der Waals surface area (Å²) in [6.07, 6.45) is 2.28. The molecule has 0 aliphatic heterocycles. The zero-order valence-corrected chi connectivity index (χ0v) is 11.0. The molecule has 0 radical (unpaired) electrons. The van der Waals surface area contributed by atoms with Gasteiger partial charge in [-0.2, -0.15) is 0 Å². The molecule has 2 heterocycles. The van der Waals surface area contributed by atoms with E-state index in [1.165, 1.54) is 33.6 Å². The van der Waals surface area contributed by atoms with Crippen molar-refractivity contribution in [1.29, 1.82) is 0 Å². The lowest BCUT2D eigenvalue weighted by Gasteiger charge is -2.00. The highest BCUT2D eigenvalue weighted by atomic mass is 32.2. The summed E-state index contributed by atoms with van der Waals surface area (Å²) in [5.74, 6) is 1.32. The number of hydrogen-bond donors (Lipinski definition) is 0. The topological polar surface area (TPSA) is 51.4 Å². The van der Waals surface area contributed by atoms with Crippen molar-refractivity contribution in [2.24, 2.45) is 0 Å². The summed E-state index contributed by atoms with van der Waals surface area (Å²) < 4.78 is 1.52. The molecule has 0 fully saturated rings. The van der Waals surface area contributed by atoms with Crippen molar-refractivity contribution in [3.8, 4) is 0 Å². The van der Waals surface area contributed by atoms with Gasteiger partial charge in [-0.1, -0.05) is 6.92 Å². The molecule has 0 spiro atoms. The number of aromatic nitrogens is 2. The second-order valence-corrected chi connectivity index (χ2v) is 5.38. The van der Waals surface area contributed by atoms with Gasteiger partial charge in [0.05, 0.1) is 11.4 Å². The summed E-state index contributed by atoms with van der Waals surface area (Å²) in [5.41, 5.74) is 0.681. The first-order chi connectivity index (χ1) is 8.20. The van der Waals surface area contributed by atoms with E-state index in [0.717, 1.165) is 5.69 Å². The van der Waals surface area contributed by atoms with Gasteiger partial charge in [0.25, 0.3) is 5.56 Å². The van der Waals surface area contributed by atoms with Gasteiger partial charge in [-0.25, -0.2) is 4.98 Å². The number of carbonyl (C=O) groups is 1. The van der Waals surface area contributed by atoms with E-state index in [9.17, 15) is 9.59 Å². The van der Waals surface area contributed by atoms with E-state index in [2.05, 4.69) is 4.98 Å². The second kappa shape index (κ2) is 5.46. The van der Waals surface area contributed by atoms with Crippen LogP contribution in [-0.4, -0.2) is 20.9 Å². The number of carbonyl (C=O) groups excluding carboxylic acids is 1. The van der Waals surface area contributed by atoms with Crippen LogP contribution in [0.3, 0.4) is 0 Å². The van der Waals surface area contributed by atoms with Gasteiger partial charge in [0.2, 0.25) is 0 Å². The Morgan fingerprint density at radius 3 is 3.18 bits per heavy atom. The molecule has 90 valence electrons. The number of thioether (sulfide) groups is 1. The zero-order chi connectivity index (χ0) is 12.3. The highest BCUT2D eigenvalue weighted by Crippen LogP contribution is 2.12. The summed E-state index contributed by atoms with van der Waals surface area (Å²) in [7, 11) is 0. The summed E-state index contributed by atoms with van der Waals surface area (Å²) in [5, 5.41) is 1.83. The molecule has 0 aliphatic rings. The first-order valence-electron chi connectivity index (χ1n) is 5.26. The van der Waals surface area contributed by atoms with E-state index in [1.54, 1.807) is 6.20 Å². The quantitative estimate of drug-likeness (QED) is 0.832. The third-order valence-electron chi connectivity index (χ3n) is 2.26. The summed E-state index contributed by atoms with van der Waals surface area (Å²) in [6.45, 7) is 1.85. The maximum atomic E-state index is 11.7. The third-order valence-corrected chi connectivity index (χ3v) is 4.05. The second-order valence-electron chi connectivity index (χ2n) is 3.53. The van der Waals surface area contributed by atoms with Crippen LogP contribution in [0.1, 0.15) is 19.0 Å². The highest BCUT2D eigenvalue weighted by molar-refractivity contribution is 7.99. The fraction of sp³-hybridized carbons (Fsp3) is 0.364. The highest BCUT2D eigenvalue weighted by Gasteiger charge is 2.04. The fourth-order valence-electron chi connectivity index (χ4n) is 1.33. The van der Waals surface area contributed by atoms with Crippen molar-refractivity contribution >= 4 is 33.8 Å². The average molecular weight is 268 g/mol. The molecule has 0 aromatic carbocycles. The van der Waals surface area contributed by atoms with Gasteiger partial charge in [0.1, 0.15) is 5.78 Å². The molecule has 17 heavy (non-hydrogen) atoms. The Labute approximate surface area is 107 Å². The van der Waals surface area contributed by atoms with E-state index < -0.39 is 0 Å². The molecule has 2 rings (SSSR count). The molecule has 0 aliphatic carbocycles. The minimum Gasteiger partial charge on any atom is -0.299 e. The first kappa shape index (κ1) is 12.3. The number of rotatable bonds is 5. The van der Waals surface area contributed by atoms with Crippen molar-refractivity contribution in [3.05, 3.63) is 33.7 Å². The van der Waals surface area contributed by atoms with Crippen molar-refractivity contribution in [2.75, 3.05) is 5.75 Å². The molecule has 0 atom stereocenters. The van der Waals surface area contributed by atoms with Crippen LogP contribution in [0, 0.1) is 0 Å². The molecule has 2 aromatic rings. The van der Waals surface area contributed by atoms with Gasteiger partial charge in [-0.05, 0) is 0 Å².